The maximum atomic E-state index is 10.9. The summed E-state index contributed by atoms with van der Waals surface area (Å²) in [6.45, 7) is 2.33. The van der Waals surface area contributed by atoms with E-state index in [1.54, 1.807) is 0 Å². The minimum Gasteiger partial charge on any atom is -0.396 e. The van der Waals surface area contributed by atoms with Crippen molar-refractivity contribution in [2.75, 3.05) is 6.61 Å². The average molecular weight is 367 g/mol. The molecular formula is C22H38O4. The predicted octanol–water partition coefficient (Wildman–Crippen LogP) is 3.94. The van der Waals surface area contributed by atoms with E-state index < -0.39 is 5.60 Å². The van der Waals surface area contributed by atoms with Crippen molar-refractivity contribution in [2.45, 2.75) is 89.3 Å². The van der Waals surface area contributed by atoms with Crippen molar-refractivity contribution in [3.05, 3.63) is 24.3 Å². The van der Waals surface area contributed by atoms with Crippen molar-refractivity contribution in [1.82, 2.24) is 0 Å². The molecule has 0 amide bonds. The van der Waals surface area contributed by atoms with Crippen LogP contribution in [0, 0.1) is 11.8 Å². The van der Waals surface area contributed by atoms with Crippen molar-refractivity contribution in [1.29, 1.82) is 0 Å². The Hall–Kier alpha value is -0.970. The van der Waals surface area contributed by atoms with Gasteiger partial charge in [0.2, 0.25) is 0 Å². The quantitative estimate of drug-likeness (QED) is 0.247. The topological polar surface area (TPSA) is 77.8 Å². The summed E-state index contributed by atoms with van der Waals surface area (Å²) in [6.07, 6.45) is 17.7. The van der Waals surface area contributed by atoms with Crippen LogP contribution in [0.15, 0.2) is 24.3 Å². The zero-order chi connectivity index (χ0) is 19.3. The lowest BCUT2D eigenvalue weighted by atomic mass is 9.87. The largest absolute Gasteiger partial charge is 0.396 e. The second-order valence-corrected chi connectivity index (χ2v) is 7.74. The highest BCUT2D eigenvalue weighted by atomic mass is 16.3. The third kappa shape index (κ3) is 8.61. The SMILES string of the molecule is CCCCC(O)(CC=O)CC=C[C@@H]1[C@@H](CC=CCCCCO)CC[C@H]1O. The van der Waals surface area contributed by atoms with Crippen LogP contribution in [0.1, 0.15) is 77.6 Å². The molecule has 1 fully saturated rings. The Balaban J connectivity index is 2.52. The van der Waals surface area contributed by atoms with E-state index in [4.69, 9.17) is 5.11 Å². The number of aliphatic hydroxyl groups excluding tert-OH is 2. The molecule has 0 aliphatic heterocycles. The van der Waals surface area contributed by atoms with E-state index in [1.165, 1.54) is 0 Å². The van der Waals surface area contributed by atoms with Gasteiger partial charge in [-0.05, 0) is 57.3 Å². The summed E-state index contributed by atoms with van der Waals surface area (Å²) in [5, 5.41) is 29.7. The van der Waals surface area contributed by atoms with Gasteiger partial charge in [-0.15, -0.1) is 0 Å². The van der Waals surface area contributed by atoms with Gasteiger partial charge in [-0.3, -0.25) is 0 Å². The second-order valence-electron chi connectivity index (χ2n) is 7.74. The van der Waals surface area contributed by atoms with E-state index in [2.05, 4.69) is 25.2 Å². The highest BCUT2D eigenvalue weighted by Gasteiger charge is 2.32. The van der Waals surface area contributed by atoms with Crippen LogP contribution in [0.2, 0.25) is 0 Å². The molecule has 0 aromatic rings. The first-order valence-electron chi connectivity index (χ1n) is 10.3. The third-order valence-corrected chi connectivity index (χ3v) is 5.52. The lowest BCUT2D eigenvalue weighted by Gasteiger charge is -2.25. The van der Waals surface area contributed by atoms with E-state index in [0.29, 0.717) is 18.8 Å². The normalized spacial score (nSPS) is 25.9. The van der Waals surface area contributed by atoms with Crippen molar-refractivity contribution >= 4 is 6.29 Å². The number of hydrogen-bond acceptors (Lipinski definition) is 4. The number of carbonyl (C=O) groups is 1. The van der Waals surface area contributed by atoms with E-state index in [0.717, 1.165) is 57.7 Å². The smallest absolute Gasteiger partial charge is 0.122 e. The molecule has 0 aromatic carbocycles. The van der Waals surface area contributed by atoms with E-state index in [9.17, 15) is 15.0 Å². The van der Waals surface area contributed by atoms with E-state index in [1.807, 2.05) is 6.08 Å². The Morgan fingerprint density at radius 1 is 1.08 bits per heavy atom. The summed E-state index contributed by atoms with van der Waals surface area (Å²) in [5.41, 5.74) is -0.945. The Bertz CT molecular complexity index is 432. The van der Waals surface area contributed by atoms with Crippen LogP contribution < -0.4 is 0 Å². The fourth-order valence-corrected chi connectivity index (χ4v) is 3.80. The van der Waals surface area contributed by atoms with Crippen molar-refractivity contribution in [2.24, 2.45) is 11.8 Å². The van der Waals surface area contributed by atoms with Gasteiger partial charge in [0.05, 0.1) is 11.7 Å². The zero-order valence-corrected chi connectivity index (χ0v) is 16.4. The molecule has 1 aliphatic rings. The molecule has 0 spiro atoms. The fourth-order valence-electron chi connectivity index (χ4n) is 3.80. The lowest BCUT2D eigenvalue weighted by molar-refractivity contribution is -0.112. The molecule has 1 saturated carbocycles. The maximum Gasteiger partial charge on any atom is 0.122 e. The number of allylic oxidation sites excluding steroid dienone is 2. The van der Waals surface area contributed by atoms with Crippen LogP contribution in [0.25, 0.3) is 0 Å². The lowest BCUT2D eigenvalue weighted by Crippen LogP contribution is -2.28. The Morgan fingerprint density at radius 3 is 2.58 bits per heavy atom. The van der Waals surface area contributed by atoms with Gasteiger partial charge in [0.1, 0.15) is 6.29 Å². The summed E-state index contributed by atoms with van der Waals surface area (Å²) < 4.78 is 0. The molecule has 26 heavy (non-hydrogen) atoms. The van der Waals surface area contributed by atoms with Crippen LogP contribution in [-0.4, -0.2) is 39.9 Å². The van der Waals surface area contributed by atoms with Gasteiger partial charge < -0.3 is 20.1 Å². The summed E-state index contributed by atoms with van der Waals surface area (Å²) in [5.74, 6) is 0.564. The summed E-state index contributed by atoms with van der Waals surface area (Å²) in [6, 6.07) is 0. The number of rotatable bonds is 14. The molecular weight excluding hydrogens is 328 g/mol. The standard InChI is InChI=1S/C22H38O4/c1-2-3-14-22(26,16-18-24)15-9-11-20-19(12-13-21(20)25)10-7-5-4-6-8-17-23/h5,7,9,11,18-21,23,25-26H,2-4,6,8,10,12-17H2,1H3/t19-,20+,21+,22?/m0/s1. The minimum atomic E-state index is -0.945. The van der Waals surface area contributed by atoms with Crippen molar-refractivity contribution in [3.63, 3.8) is 0 Å². The van der Waals surface area contributed by atoms with Crippen LogP contribution in [-0.2, 0) is 4.79 Å². The van der Waals surface area contributed by atoms with E-state index in [-0.39, 0.29) is 25.0 Å². The molecule has 1 aliphatic carbocycles. The summed E-state index contributed by atoms with van der Waals surface area (Å²) >= 11 is 0. The molecule has 150 valence electrons. The number of aliphatic hydroxyl groups is 3. The monoisotopic (exact) mass is 366 g/mol. The molecule has 0 radical (unpaired) electrons. The number of hydrogen-bond donors (Lipinski definition) is 3. The molecule has 1 rings (SSSR count). The Morgan fingerprint density at radius 2 is 1.88 bits per heavy atom. The molecule has 4 heteroatoms. The van der Waals surface area contributed by atoms with Crippen LogP contribution >= 0.6 is 0 Å². The van der Waals surface area contributed by atoms with E-state index >= 15 is 0 Å². The molecule has 3 N–H and O–H groups in total. The van der Waals surface area contributed by atoms with Crippen molar-refractivity contribution in [3.8, 4) is 0 Å². The number of unbranched alkanes of at least 4 members (excludes halogenated alkanes) is 3. The molecule has 0 aromatic heterocycles. The minimum absolute atomic E-state index is 0.128. The van der Waals surface area contributed by atoms with Gasteiger partial charge in [-0.2, -0.15) is 0 Å². The highest BCUT2D eigenvalue weighted by molar-refractivity contribution is 5.51. The molecule has 0 saturated heterocycles. The predicted molar refractivity (Wildman–Crippen MR) is 106 cm³/mol. The fraction of sp³-hybridized carbons (Fsp3) is 0.773. The summed E-state index contributed by atoms with van der Waals surface area (Å²) in [4.78, 5) is 10.9. The number of carbonyl (C=O) groups excluding carboxylic acids is 1. The van der Waals surface area contributed by atoms with Gasteiger partial charge in [-0.25, -0.2) is 0 Å². The first-order chi connectivity index (χ1) is 12.6. The maximum absolute atomic E-state index is 10.9. The summed E-state index contributed by atoms with van der Waals surface area (Å²) in [7, 11) is 0. The number of aldehydes is 1. The van der Waals surface area contributed by atoms with Gasteiger partial charge in [0.25, 0.3) is 0 Å². The third-order valence-electron chi connectivity index (χ3n) is 5.52. The average Bonchev–Trinajstić information content (AvgIpc) is 2.97. The molecule has 4 atom stereocenters. The Labute approximate surface area is 159 Å². The van der Waals surface area contributed by atoms with Crippen LogP contribution in [0.3, 0.4) is 0 Å². The first kappa shape index (κ1) is 23.1. The van der Waals surface area contributed by atoms with Gasteiger partial charge in [0, 0.05) is 18.9 Å². The molecule has 0 heterocycles. The van der Waals surface area contributed by atoms with Gasteiger partial charge in [-0.1, -0.05) is 44.1 Å². The zero-order valence-electron chi connectivity index (χ0n) is 16.4. The molecule has 0 bridgehead atoms. The van der Waals surface area contributed by atoms with Gasteiger partial charge >= 0.3 is 0 Å². The molecule has 1 unspecified atom stereocenters. The second kappa shape index (κ2) is 13.2. The highest BCUT2D eigenvalue weighted by Crippen LogP contribution is 2.36. The van der Waals surface area contributed by atoms with Crippen LogP contribution in [0.5, 0.6) is 0 Å². The van der Waals surface area contributed by atoms with Crippen molar-refractivity contribution < 1.29 is 20.1 Å². The Kier molecular flexibility index (Phi) is 11.7. The van der Waals surface area contributed by atoms with Gasteiger partial charge in [0.15, 0.2) is 0 Å². The first-order valence-corrected chi connectivity index (χ1v) is 10.3. The van der Waals surface area contributed by atoms with Crippen LogP contribution in [0.4, 0.5) is 0 Å². The molecule has 4 nitrogen and oxygen atoms in total.